The van der Waals surface area contributed by atoms with Crippen molar-refractivity contribution >= 4 is 40.8 Å². The number of nitrogens with zero attached hydrogens (tertiary/aromatic N) is 1. The van der Waals surface area contributed by atoms with Crippen LogP contribution in [0.5, 0.6) is 11.5 Å². The highest BCUT2D eigenvalue weighted by molar-refractivity contribution is 6.53. The van der Waals surface area contributed by atoms with E-state index in [0.29, 0.717) is 28.4 Å². The topological polar surface area (TPSA) is 84.9 Å². The molecule has 3 aromatic carbocycles. The number of halogens is 1. The third-order valence-corrected chi connectivity index (χ3v) is 5.39. The Morgan fingerprint density at radius 3 is 2.21 bits per heavy atom. The molecule has 0 saturated heterocycles. The van der Waals surface area contributed by atoms with Gasteiger partial charge >= 0.3 is 5.97 Å². The molecular weight excluding hydrogens is 444 g/mol. The zero-order chi connectivity index (χ0) is 23.5. The van der Waals surface area contributed by atoms with Crippen LogP contribution in [0, 0.1) is 6.92 Å². The molecule has 0 atom stereocenters. The molecule has 0 fully saturated rings. The van der Waals surface area contributed by atoms with Crippen molar-refractivity contribution < 1.29 is 23.9 Å². The van der Waals surface area contributed by atoms with Crippen molar-refractivity contribution in [3.05, 3.63) is 94.7 Å². The number of hydrogen-bond acceptors (Lipinski definition) is 6. The predicted octanol–water partition coefficient (Wildman–Crippen LogP) is 4.66. The van der Waals surface area contributed by atoms with Gasteiger partial charge in [0.1, 0.15) is 22.2 Å². The number of imide groups is 1. The third kappa shape index (κ3) is 4.44. The Morgan fingerprint density at radius 1 is 0.909 bits per heavy atom. The molecule has 1 aliphatic heterocycles. The summed E-state index contributed by atoms with van der Waals surface area (Å²) in [5, 5.41) is 2.65. The zero-order valence-corrected chi connectivity index (χ0v) is 18.6. The van der Waals surface area contributed by atoms with Crippen LogP contribution in [0.3, 0.4) is 0 Å². The van der Waals surface area contributed by atoms with E-state index in [2.05, 4.69) is 5.32 Å². The van der Waals surface area contributed by atoms with E-state index in [4.69, 9.17) is 21.1 Å². The second kappa shape index (κ2) is 9.18. The number of ether oxygens (including phenoxy) is 2. The molecule has 166 valence electrons. The molecule has 33 heavy (non-hydrogen) atoms. The molecule has 4 rings (SSSR count). The van der Waals surface area contributed by atoms with E-state index in [1.165, 1.54) is 7.11 Å². The fourth-order valence-electron chi connectivity index (χ4n) is 3.24. The molecule has 0 aromatic heterocycles. The fraction of sp³-hybridized carbons (Fsp3) is 0.0800. The van der Waals surface area contributed by atoms with Gasteiger partial charge in [-0.05, 0) is 67.1 Å². The van der Waals surface area contributed by atoms with Gasteiger partial charge in [0.15, 0.2) is 0 Å². The highest BCUT2D eigenvalue weighted by atomic mass is 35.5. The first-order chi connectivity index (χ1) is 15.9. The lowest BCUT2D eigenvalue weighted by atomic mass is 10.2. The van der Waals surface area contributed by atoms with Gasteiger partial charge in [-0.1, -0.05) is 29.8 Å². The maximum absolute atomic E-state index is 12.9. The molecule has 0 aliphatic carbocycles. The molecule has 3 aromatic rings. The number of carbonyl (C=O) groups is 3. The highest BCUT2D eigenvalue weighted by Gasteiger charge is 2.39. The maximum atomic E-state index is 12.9. The summed E-state index contributed by atoms with van der Waals surface area (Å²) in [6.07, 6.45) is 0. The molecule has 1 N–H and O–H groups in total. The van der Waals surface area contributed by atoms with Crippen LogP contribution in [-0.4, -0.2) is 24.9 Å². The van der Waals surface area contributed by atoms with Gasteiger partial charge < -0.3 is 14.8 Å². The SMILES string of the molecule is COc1ccc(N2C(=O)C(Cl)=C(Nc3ccc(C(=O)Oc4ccccc4C)cc3)C2=O)cc1. The van der Waals surface area contributed by atoms with Crippen molar-refractivity contribution in [3.63, 3.8) is 0 Å². The molecule has 8 heteroatoms. The second-order valence-corrected chi connectivity index (χ2v) is 7.57. The average Bonchev–Trinajstić information content (AvgIpc) is 3.04. The van der Waals surface area contributed by atoms with E-state index in [1.807, 2.05) is 19.1 Å². The van der Waals surface area contributed by atoms with Crippen molar-refractivity contribution in [1.29, 1.82) is 0 Å². The molecule has 7 nitrogen and oxygen atoms in total. The van der Waals surface area contributed by atoms with E-state index in [9.17, 15) is 14.4 Å². The first-order valence-corrected chi connectivity index (χ1v) is 10.3. The Kier molecular flexibility index (Phi) is 6.15. The van der Waals surface area contributed by atoms with Crippen LogP contribution in [0.15, 0.2) is 83.5 Å². The van der Waals surface area contributed by atoms with E-state index >= 15 is 0 Å². The minimum absolute atomic E-state index is 0.0484. The standard InChI is InChI=1S/C25H19ClN2O5/c1-15-5-3-4-6-20(15)33-25(31)16-7-9-17(10-8-16)27-22-21(26)23(29)28(24(22)30)18-11-13-19(32-2)14-12-18/h3-14,27H,1-2H3. The van der Waals surface area contributed by atoms with Gasteiger partial charge in [0.2, 0.25) is 0 Å². The maximum Gasteiger partial charge on any atom is 0.343 e. The van der Waals surface area contributed by atoms with E-state index in [1.54, 1.807) is 60.7 Å². The molecule has 0 bridgehead atoms. The summed E-state index contributed by atoms with van der Waals surface area (Å²) in [7, 11) is 1.52. The largest absolute Gasteiger partial charge is 0.497 e. The summed E-state index contributed by atoms with van der Waals surface area (Å²) < 4.78 is 10.5. The molecule has 0 spiro atoms. The van der Waals surface area contributed by atoms with Gasteiger partial charge in [0.25, 0.3) is 11.8 Å². The predicted molar refractivity (Wildman–Crippen MR) is 125 cm³/mol. The Labute approximate surface area is 195 Å². The Hall–Kier alpha value is -4.10. The van der Waals surface area contributed by atoms with Crippen molar-refractivity contribution in [3.8, 4) is 11.5 Å². The van der Waals surface area contributed by atoms with Crippen LogP contribution in [0.1, 0.15) is 15.9 Å². The Morgan fingerprint density at radius 2 is 1.58 bits per heavy atom. The number of esters is 1. The summed E-state index contributed by atoms with van der Waals surface area (Å²) in [4.78, 5) is 38.9. The van der Waals surface area contributed by atoms with Crippen molar-refractivity contribution in [2.45, 2.75) is 6.92 Å². The lowest BCUT2D eigenvalue weighted by Gasteiger charge is -2.15. The fourth-order valence-corrected chi connectivity index (χ4v) is 3.45. The minimum Gasteiger partial charge on any atom is -0.497 e. The van der Waals surface area contributed by atoms with Crippen LogP contribution in [0.25, 0.3) is 0 Å². The van der Waals surface area contributed by atoms with E-state index in [0.717, 1.165) is 10.5 Å². The van der Waals surface area contributed by atoms with Gasteiger partial charge in [-0.25, -0.2) is 9.69 Å². The van der Waals surface area contributed by atoms with Crippen LogP contribution < -0.4 is 19.7 Å². The van der Waals surface area contributed by atoms with Crippen LogP contribution in [0.2, 0.25) is 0 Å². The number of nitrogens with one attached hydrogen (secondary N) is 1. The first kappa shape index (κ1) is 22.1. The number of anilines is 2. The molecule has 0 radical (unpaired) electrons. The number of carbonyl (C=O) groups excluding carboxylic acids is 3. The third-order valence-electron chi connectivity index (χ3n) is 5.04. The summed E-state index contributed by atoms with van der Waals surface area (Å²) >= 11 is 6.17. The Bertz CT molecular complexity index is 1270. The molecule has 1 heterocycles. The quantitative estimate of drug-likeness (QED) is 0.326. The van der Waals surface area contributed by atoms with Gasteiger partial charge in [-0.3, -0.25) is 9.59 Å². The summed E-state index contributed by atoms with van der Waals surface area (Å²) in [6, 6.07) is 20.0. The monoisotopic (exact) mass is 462 g/mol. The van der Waals surface area contributed by atoms with E-state index in [-0.39, 0.29) is 10.7 Å². The number of amides is 2. The second-order valence-electron chi connectivity index (χ2n) is 7.19. The zero-order valence-electron chi connectivity index (χ0n) is 17.8. The molecule has 2 amide bonds. The number of methoxy groups -OCH3 is 1. The molecule has 0 unspecified atom stereocenters. The lowest BCUT2D eigenvalue weighted by Crippen LogP contribution is -2.32. The van der Waals surface area contributed by atoms with Crippen LogP contribution in [0.4, 0.5) is 11.4 Å². The summed E-state index contributed by atoms with van der Waals surface area (Å²) in [6.45, 7) is 1.85. The minimum atomic E-state index is -0.632. The first-order valence-electron chi connectivity index (χ1n) is 9.96. The smallest absolute Gasteiger partial charge is 0.343 e. The van der Waals surface area contributed by atoms with Crippen molar-refractivity contribution in [2.24, 2.45) is 0 Å². The Balaban J connectivity index is 1.48. The number of benzene rings is 3. The van der Waals surface area contributed by atoms with Crippen LogP contribution >= 0.6 is 11.6 Å². The summed E-state index contributed by atoms with van der Waals surface area (Å²) in [5.74, 6) is -0.650. The number of hydrogen-bond donors (Lipinski definition) is 1. The van der Waals surface area contributed by atoms with Crippen molar-refractivity contribution in [2.75, 3.05) is 17.3 Å². The molecule has 1 aliphatic rings. The molecule has 0 saturated carbocycles. The normalized spacial score (nSPS) is 13.4. The van der Waals surface area contributed by atoms with Gasteiger partial charge in [-0.2, -0.15) is 0 Å². The van der Waals surface area contributed by atoms with Gasteiger partial charge in [0.05, 0.1) is 18.4 Å². The van der Waals surface area contributed by atoms with Gasteiger partial charge in [-0.15, -0.1) is 0 Å². The van der Waals surface area contributed by atoms with Crippen LogP contribution in [-0.2, 0) is 9.59 Å². The molecular formula is C25H19ClN2O5. The number of aryl methyl sites for hydroxylation is 1. The summed E-state index contributed by atoms with van der Waals surface area (Å²) in [5.41, 5.74) is 1.98. The average molecular weight is 463 g/mol. The number of para-hydroxylation sites is 1. The van der Waals surface area contributed by atoms with E-state index < -0.39 is 17.8 Å². The lowest BCUT2D eigenvalue weighted by molar-refractivity contribution is -0.120. The highest BCUT2D eigenvalue weighted by Crippen LogP contribution is 2.31. The van der Waals surface area contributed by atoms with Gasteiger partial charge in [0, 0.05) is 5.69 Å². The number of rotatable bonds is 6. The van der Waals surface area contributed by atoms with Crippen molar-refractivity contribution in [1.82, 2.24) is 0 Å².